The maximum Gasteiger partial charge on any atom is 0.323 e. The van der Waals surface area contributed by atoms with Crippen LogP contribution in [-0.4, -0.2) is 6.03 Å². The SMILES string of the molecule is Cc1cc(C)cc(NC(=O)Nc2ccc(CC#N)cc2)c1. The molecule has 0 atom stereocenters. The van der Waals surface area contributed by atoms with Crippen LogP contribution in [0.3, 0.4) is 0 Å². The van der Waals surface area contributed by atoms with E-state index in [0.29, 0.717) is 12.1 Å². The summed E-state index contributed by atoms with van der Waals surface area (Å²) in [5, 5.41) is 14.2. The van der Waals surface area contributed by atoms with Gasteiger partial charge < -0.3 is 10.6 Å². The minimum Gasteiger partial charge on any atom is -0.308 e. The van der Waals surface area contributed by atoms with Crippen molar-refractivity contribution in [2.45, 2.75) is 20.3 Å². The van der Waals surface area contributed by atoms with E-state index >= 15 is 0 Å². The monoisotopic (exact) mass is 279 g/mol. The van der Waals surface area contributed by atoms with Crippen molar-refractivity contribution in [3.63, 3.8) is 0 Å². The zero-order valence-corrected chi connectivity index (χ0v) is 12.1. The molecule has 0 spiro atoms. The van der Waals surface area contributed by atoms with Crippen molar-refractivity contribution in [3.05, 3.63) is 59.2 Å². The molecule has 2 aromatic rings. The molecule has 0 aliphatic rings. The number of hydrogen-bond acceptors (Lipinski definition) is 2. The Balaban J connectivity index is 1.99. The van der Waals surface area contributed by atoms with E-state index in [1.54, 1.807) is 12.1 Å². The maximum atomic E-state index is 11.9. The number of anilines is 2. The molecule has 4 nitrogen and oxygen atoms in total. The first-order valence-electron chi connectivity index (χ1n) is 6.69. The third-order valence-corrected chi connectivity index (χ3v) is 2.97. The van der Waals surface area contributed by atoms with Crippen LogP contribution >= 0.6 is 0 Å². The highest BCUT2D eigenvalue weighted by atomic mass is 16.2. The van der Waals surface area contributed by atoms with Crippen molar-refractivity contribution >= 4 is 17.4 Å². The van der Waals surface area contributed by atoms with Gasteiger partial charge in [-0.05, 0) is 54.8 Å². The van der Waals surface area contributed by atoms with Gasteiger partial charge in [-0.1, -0.05) is 18.2 Å². The highest BCUT2D eigenvalue weighted by Gasteiger charge is 2.03. The fraction of sp³-hybridized carbons (Fsp3) is 0.176. The minimum absolute atomic E-state index is 0.284. The van der Waals surface area contributed by atoms with Crippen LogP contribution in [0.25, 0.3) is 0 Å². The molecule has 0 aliphatic heterocycles. The number of urea groups is 1. The summed E-state index contributed by atoms with van der Waals surface area (Å²) >= 11 is 0. The van der Waals surface area contributed by atoms with Gasteiger partial charge in [0.25, 0.3) is 0 Å². The van der Waals surface area contributed by atoms with E-state index < -0.39 is 0 Å². The molecule has 0 unspecified atom stereocenters. The molecule has 4 heteroatoms. The summed E-state index contributed by atoms with van der Waals surface area (Å²) in [4.78, 5) is 11.9. The number of carbonyl (C=O) groups is 1. The Bertz CT molecular complexity index is 664. The van der Waals surface area contributed by atoms with Crippen LogP contribution in [0.15, 0.2) is 42.5 Å². The Morgan fingerprint density at radius 1 is 1.00 bits per heavy atom. The number of aryl methyl sites for hydroxylation is 2. The van der Waals surface area contributed by atoms with Gasteiger partial charge in [-0.25, -0.2) is 4.79 Å². The predicted octanol–water partition coefficient (Wildman–Crippen LogP) is 4.01. The highest BCUT2D eigenvalue weighted by Crippen LogP contribution is 2.15. The van der Waals surface area contributed by atoms with E-state index in [9.17, 15) is 4.79 Å². The van der Waals surface area contributed by atoms with Crippen LogP contribution in [0.1, 0.15) is 16.7 Å². The van der Waals surface area contributed by atoms with Gasteiger partial charge >= 0.3 is 6.03 Å². The summed E-state index contributed by atoms with van der Waals surface area (Å²) in [5.41, 5.74) is 4.60. The first kappa shape index (κ1) is 14.6. The minimum atomic E-state index is -0.284. The lowest BCUT2D eigenvalue weighted by Crippen LogP contribution is -2.19. The van der Waals surface area contributed by atoms with Gasteiger partial charge in [-0.15, -0.1) is 0 Å². The Morgan fingerprint density at radius 2 is 1.57 bits per heavy atom. The number of carbonyl (C=O) groups excluding carboxylic acids is 1. The third-order valence-electron chi connectivity index (χ3n) is 2.97. The standard InChI is InChI=1S/C17H17N3O/c1-12-9-13(2)11-16(10-12)20-17(21)19-15-5-3-14(4-6-15)7-8-18/h3-6,9-11H,7H2,1-2H3,(H2,19,20,21). The van der Waals surface area contributed by atoms with Crippen molar-refractivity contribution < 1.29 is 4.79 Å². The van der Waals surface area contributed by atoms with E-state index in [1.165, 1.54) is 0 Å². The lowest BCUT2D eigenvalue weighted by molar-refractivity contribution is 0.262. The van der Waals surface area contributed by atoms with Gasteiger partial charge in [0.1, 0.15) is 0 Å². The van der Waals surface area contributed by atoms with Crippen LogP contribution in [0.2, 0.25) is 0 Å². The quantitative estimate of drug-likeness (QED) is 0.891. The predicted molar refractivity (Wildman–Crippen MR) is 84.3 cm³/mol. The van der Waals surface area contributed by atoms with Gasteiger partial charge in [0.15, 0.2) is 0 Å². The largest absolute Gasteiger partial charge is 0.323 e. The second-order valence-corrected chi connectivity index (χ2v) is 4.99. The highest BCUT2D eigenvalue weighted by molar-refractivity contribution is 5.99. The lowest BCUT2D eigenvalue weighted by Gasteiger charge is -2.09. The zero-order chi connectivity index (χ0) is 15.2. The summed E-state index contributed by atoms with van der Waals surface area (Å²) in [6.45, 7) is 3.98. The molecule has 2 aromatic carbocycles. The van der Waals surface area contributed by atoms with Crippen molar-refractivity contribution in [1.82, 2.24) is 0 Å². The van der Waals surface area contributed by atoms with Crippen molar-refractivity contribution in [2.75, 3.05) is 10.6 Å². The second-order valence-electron chi connectivity index (χ2n) is 4.99. The second kappa shape index (κ2) is 6.58. The number of nitrogens with zero attached hydrogens (tertiary/aromatic N) is 1. The average Bonchev–Trinajstić information content (AvgIpc) is 2.40. The zero-order valence-electron chi connectivity index (χ0n) is 12.1. The molecule has 2 rings (SSSR count). The topological polar surface area (TPSA) is 64.9 Å². The number of rotatable bonds is 3. The smallest absolute Gasteiger partial charge is 0.308 e. The fourth-order valence-electron chi connectivity index (χ4n) is 2.14. The molecule has 2 amide bonds. The fourth-order valence-corrected chi connectivity index (χ4v) is 2.14. The lowest BCUT2D eigenvalue weighted by atomic mass is 10.1. The molecular formula is C17H17N3O. The van der Waals surface area contributed by atoms with Gasteiger partial charge in [0, 0.05) is 11.4 Å². The molecule has 21 heavy (non-hydrogen) atoms. The summed E-state index contributed by atoms with van der Waals surface area (Å²) in [6.07, 6.45) is 0.370. The molecule has 106 valence electrons. The normalized spacial score (nSPS) is 9.76. The van der Waals surface area contributed by atoms with Crippen LogP contribution < -0.4 is 10.6 Å². The molecule has 0 bridgehead atoms. The summed E-state index contributed by atoms with van der Waals surface area (Å²) in [7, 11) is 0. The van der Waals surface area contributed by atoms with Crippen LogP contribution in [0.5, 0.6) is 0 Å². The van der Waals surface area contributed by atoms with E-state index in [-0.39, 0.29) is 6.03 Å². The Hall–Kier alpha value is -2.80. The van der Waals surface area contributed by atoms with E-state index in [1.807, 2.05) is 38.1 Å². The first-order valence-corrected chi connectivity index (χ1v) is 6.69. The van der Waals surface area contributed by atoms with Crippen molar-refractivity contribution in [2.24, 2.45) is 0 Å². The molecule has 0 saturated carbocycles. The van der Waals surface area contributed by atoms with Crippen LogP contribution in [0, 0.1) is 25.2 Å². The van der Waals surface area contributed by atoms with E-state index in [4.69, 9.17) is 5.26 Å². The van der Waals surface area contributed by atoms with Gasteiger partial charge in [-0.3, -0.25) is 0 Å². The average molecular weight is 279 g/mol. The number of amides is 2. The van der Waals surface area contributed by atoms with E-state index in [2.05, 4.69) is 22.8 Å². The number of nitriles is 1. The molecule has 0 radical (unpaired) electrons. The number of nitrogens with one attached hydrogen (secondary N) is 2. The van der Waals surface area contributed by atoms with Crippen LogP contribution in [0.4, 0.5) is 16.2 Å². The van der Waals surface area contributed by atoms with Crippen molar-refractivity contribution in [3.8, 4) is 6.07 Å². The van der Waals surface area contributed by atoms with Gasteiger partial charge in [-0.2, -0.15) is 5.26 Å². The summed E-state index contributed by atoms with van der Waals surface area (Å²) in [6, 6.07) is 14.9. The van der Waals surface area contributed by atoms with Crippen molar-refractivity contribution in [1.29, 1.82) is 5.26 Å². The Kier molecular flexibility index (Phi) is 4.57. The molecule has 0 fully saturated rings. The maximum absolute atomic E-state index is 11.9. The Morgan fingerprint density at radius 3 is 2.14 bits per heavy atom. The molecule has 0 aliphatic carbocycles. The third kappa shape index (κ3) is 4.36. The summed E-state index contributed by atoms with van der Waals surface area (Å²) in [5.74, 6) is 0. The van der Waals surface area contributed by atoms with Gasteiger partial charge in [0.2, 0.25) is 0 Å². The van der Waals surface area contributed by atoms with Gasteiger partial charge in [0.05, 0.1) is 12.5 Å². The summed E-state index contributed by atoms with van der Waals surface area (Å²) < 4.78 is 0. The molecule has 2 N–H and O–H groups in total. The van der Waals surface area contributed by atoms with Crippen LogP contribution in [-0.2, 0) is 6.42 Å². The number of benzene rings is 2. The van der Waals surface area contributed by atoms with E-state index in [0.717, 1.165) is 22.4 Å². The molecule has 0 heterocycles. The molecule has 0 aromatic heterocycles. The molecular weight excluding hydrogens is 262 g/mol. The number of hydrogen-bond donors (Lipinski definition) is 2. The Labute approximate surface area is 124 Å². The first-order chi connectivity index (χ1) is 10.1. The molecule has 0 saturated heterocycles.